The van der Waals surface area contributed by atoms with Crippen molar-refractivity contribution in [3.05, 3.63) is 47.9 Å². The zero-order valence-electron chi connectivity index (χ0n) is 8.51. The fourth-order valence-corrected chi connectivity index (χ4v) is 1.84. The highest BCUT2D eigenvalue weighted by Crippen LogP contribution is 2.22. The maximum absolute atomic E-state index is 13.0. The van der Waals surface area contributed by atoms with E-state index in [1.807, 2.05) is 12.1 Å². The molecule has 4 nitrogen and oxygen atoms in total. The van der Waals surface area contributed by atoms with E-state index >= 15 is 0 Å². The number of halogens is 2. The van der Waals surface area contributed by atoms with Crippen molar-refractivity contribution in [2.75, 3.05) is 0 Å². The predicted octanol–water partition coefficient (Wildman–Crippen LogP) is 2.61. The lowest BCUT2D eigenvalue weighted by Gasteiger charge is -2.05. The Morgan fingerprint density at radius 2 is 2.12 bits per heavy atom. The Morgan fingerprint density at radius 3 is 3.00 bits per heavy atom. The van der Waals surface area contributed by atoms with Crippen LogP contribution in [0.2, 0.25) is 5.02 Å². The van der Waals surface area contributed by atoms with Gasteiger partial charge < -0.3 is 0 Å². The molecule has 0 amide bonds. The molecule has 3 aromatic rings. The van der Waals surface area contributed by atoms with Gasteiger partial charge in [0.15, 0.2) is 5.82 Å². The number of hydrogen-bond acceptors (Lipinski definition) is 3. The monoisotopic (exact) mass is 248 g/mol. The van der Waals surface area contributed by atoms with Crippen LogP contribution in [-0.2, 0) is 0 Å². The van der Waals surface area contributed by atoms with E-state index in [1.54, 1.807) is 23.0 Å². The molecule has 3 heterocycles. The maximum Gasteiger partial charge on any atom is 0.310 e. The third kappa shape index (κ3) is 1.64. The highest BCUT2D eigenvalue weighted by Gasteiger charge is 2.10. The molecule has 0 atom stereocenters. The number of nitrogens with zero attached hydrogens (tertiary/aromatic N) is 4. The predicted molar refractivity (Wildman–Crippen MR) is 61.6 cm³/mol. The first-order chi connectivity index (χ1) is 8.25. The summed E-state index contributed by atoms with van der Waals surface area (Å²) >= 11 is 5.96. The van der Waals surface area contributed by atoms with Crippen molar-refractivity contribution in [2.24, 2.45) is 0 Å². The van der Waals surface area contributed by atoms with Gasteiger partial charge in [-0.05, 0) is 18.2 Å². The van der Waals surface area contributed by atoms with E-state index in [0.717, 1.165) is 11.0 Å². The number of fused-ring (bicyclic) bond motifs is 1. The average molecular weight is 249 g/mol. The third-order valence-corrected chi connectivity index (χ3v) is 2.65. The summed E-state index contributed by atoms with van der Waals surface area (Å²) in [5.74, 6) is 0.308. The largest absolute Gasteiger partial charge is 0.310 e. The van der Waals surface area contributed by atoms with Gasteiger partial charge in [0.05, 0.1) is 17.2 Å². The molecule has 84 valence electrons. The van der Waals surface area contributed by atoms with E-state index in [-0.39, 0.29) is 5.02 Å². The molecule has 0 aromatic carbocycles. The van der Waals surface area contributed by atoms with Gasteiger partial charge in [-0.15, -0.1) is 0 Å². The molecule has 0 aliphatic rings. The average Bonchev–Trinajstić information content (AvgIpc) is 2.76. The van der Waals surface area contributed by atoms with Gasteiger partial charge in [0.25, 0.3) is 0 Å². The molecule has 0 fully saturated rings. The van der Waals surface area contributed by atoms with E-state index in [1.165, 1.54) is 6.20 Å². The molecule has 6 heteroatoms. The minimum atomic E-state index is -0.810. The highest BCUT2D eigenvalue weighted by atomic mass is 35.5. The van der Waals surface area contributed by atoms with Crippen LogP contribution >= 0.6 is 11.6 Å². The van der Waals surface area contributed by atoms with Crippen molar-refractivity contribution in [3.63, 3.8) is 0 Å². The van der Waals surface area contributed by atoms with E-state index in [2.05, 4.69) is 15.0 Å². The highest BCUT2D eigenvalue weighted by molar-refractivity contribution is 6.32. The van der Waals surface area contributed by atoms with E-state index in [9.17, 15) is 4.39 Å². The lowest BCUT2D eigenvalue weighted by molar-refractivity contribution is 0.536. The van der Waals surface area contributed by atoms with Gasteiger partial charge in [-0.2, -0.15) is 9.37 Å². The second-order valence-electron chi connectivity index (χ2n) is 3.40. The topological polar surface area (TPSA) is 43.6 Å². The standard InChI is InChI=1S/C11H6ClFN4/c12-7-6-15-11(13)16-10(7)17-5-3-8-9(17)2-1-4-14-8/h1-6H. The Bertz CT molecular complexity index is 695. The van der Waals surface area contributed by atoms with Gasteiger partial charge in [-0.3, -0.25) is 9.55 Å². The van der Waals surface area contributed by atoms with E-state index in [4.69, 9.17) is 11.6 Å². The fraction of sp³-hybridized carbons (Fsp3) is 0. The molecular formula is C11H6ClFN4. The van der Waals surface area contributed by atoms with Gasteiger partial charge >= 0.3 is 6.08 Å². The van der Waals surface area contributed by atoms with Crippen LogP contribution in [0.25, 0.3) is 16.9 Å². The number of rotatable bonds is 1. The van der Waals surface area contributed by atoms with Gasteiger partial charge in [-0.1, -0.05) is 11.6 Å². The summed E-state index contributed by atoms with van der Waals surface area (Å²) in [6, 6.07) is 5.47. The molecule has 3 aromatic heterocycles. The van der Waals surface area contributed by atoms with E-state index in [0.29, 0.717) is 5.82 Å². The summed E-state index contributed by atoms with van der Waals surface area (Å²) in [5.41, 5.74) is 1.61. The summed E-state index contributed by atoms with van der Waals surface area (Å²) < 4.78 is 14.7. The smallest absolute Gasteiger partial charge is 0.298 e. The molecule has 0 radical (unpaired) electrons. The van der Waals surface area contributed by atoms with Crippen molar-refractivity contribution in [3.8, 4) is 5.82 Å². The summed E-state index contributed by atoms with van der Waals surface area (Å²) in [7, 11) is 0. The molecule has 0 aliphatic heterocycles. The van der Waals surface area contributed by atoms with Crippen LogP contribution in [0, 0.1) is 6.08 Å². The van der Waals surface area contributed by atoms with Crippen LogP contribution in [0.3, 0.4) is 0 Å². The van der Waals surface area contributed by atoms with Crippen LogP contribution < -0.4 is 0 Å². The Morgan fingerprint density at radius 1 is 1.24 bits per heavy atom. The minimum Gasteiger partial charge on any atom is -0.298 e. The molecule has 0 saturated carbocycles. The lowest BCUT2D eigenvalue weighted by Crippen LogP contribution is -2.00. The van der Waals surface area contributed by atoms with Crippen molar-refractivity contribution in [2.45, 2.75) is 0 Å². The van der Waals surface area contributed by atoms with Gasteiger partial charge in [0.2, 0.25) is 0 Å². The number of hydrogen-bond donors (Lipinski definition) is 0. The first kappa shape index (κ1) is 10.2. The van der Waals surface area contributed by atoms with Crippen molar-refractivity contribution in [1.29, 1.82) is 0 Å². The van der Waals surface area contributed by atoms with Crippen LogP contribution in [0.4, 0.5) is 4.39 Å². The molecule has 0 N–H and O–H groups in total. The molecule has 0 spiro atoms. The molecular weight excluding hydrogens is 243 g/mol. The molecule has 0 aliphatic carbocycles. The van der Waals surface area contributed by atoms with Gasteiger partial charge in [-0.25, -0.2) is 4.98 Å². The van der Waals surface area contributed by atoms with Gasteiger partial charge in [0, 0.05) is 12.4 Å². The summed E-state index contributed by atoms with van der Waals surface area (Å²) in [6.45, 7) is 0. The number of aromatic nitrogens is 4. The van der Waals surface area contributed by atoms with E-state index < -0.39 is 6.08 Å². The Labute approximate surface area is 101 Å². The SMILES string of the molecule is Fc1ncc(Cl)c(-n2ccc3ncccc32)n1. The quantitative estimate of drug-likeness (QED) is 0.622. The Kier molecular flexibility index (Phi) is 2.26. The first-order valence-electron chi connectivity index (χ1n) is 4.86. The van der Waals surface area contributed by atoms with Crippen molar-refractivity contribution < 1.29 is 4.39 Å². The molecule has 0 unspecified atom stereocenters. The second kappa shape index (κ2) is 3.78. The summed E-state index contributed by atoms with van der Waals surface area (Å²) in [6.07, 6.45) is 3.86. The molecule has 0 bridgehead atoms. The third-order valence-electron chi connectivity index (χ3n) is 2.38. The number of pyridine rings is 1. The van der Waals surface area contributed by atoms with Crippen LogP contribution in [0.5, 0.6) is 0 Å². The Hall–Kier alpha value is -2.01. The van der Waals surface area contributed by atoms with Crippen LogP contribution in [-0.4, -0.2) is 19.5 Å². The van der Waals surface area contributed by atoms with Crippen molar-refractivity contribution >= 4 is 22.6 Å². The normalized spacial score (nSPS) is 10.9. The minimum absolute atomic E-state index is 0.285. The van der Waals surface area contributed by atoms with Gasteiger partial charge in [0.1, 0.15) is 5.02 Å². The van der Waals surface area contributed by atoms with Crippen LogP contribution in [0.1, 0.15) is 0 Å². The zero-order valence-corrected chi connectivity index (χ0v) is 9.26. The lowest BCUT2D eigenvalue weighted by atomic mass is 10.4. The second-order valence-corrected chi connectivity index (χ2v) is 3.81. The molecule has 3 rings (SSSR count). The summed E-state index contributed by atoms with van der Waals surface area (Å²) in [5, 5.41) is 0.285. The molecule has 17 heavy (non-hydrogen) atoms. The van der Waals surface area contributed by atoms with Crippen LogP contribution in [0.15, 0.2) is 36.8 Å². The zero-order chi connectivity index (χ0) is 11.8. The maximum atomic E-state index is 13.0. The fourth-order valence-electron chi connectivity index (χ4n) is 1.66. The van der Waals surface area contributed by atoms with Crippen molar-refractivity contribution in [1.82, 2.24) is 19.5 Å². The first-order valence-corrected chi connectivity index (χ1v) is 5.24. The Balaban J connectivity index is 2.31. The molecule has 0 saturated heterocycles. The summed E-state index contributed by atoms with van der Waals surface area (Å²) in [4.78, 5) is 11.3.